The number of rotatable bonds is 2. The number of hydrogen-bond acceptors (Lipinski definition) is 3. The van der Waals surface area contributed by atoms with Crippen LogP contribution in [0.15, 0.2) is 18.2 Å². The zero-order valence-electron chi connectivity index (χ0n) is 10.0. The van der Waals surface area contributed by atoms with E-state index in [1.165, 1.54) is 12.1 Å². The van der Waals surface area contributed by atoms with Crippen LogP contribution in [0.25, 0.3) is 0 Å². The summed E-state index contributed by atoms with van der Waals surface area (Å²) >= 11 is 0. The van der Waals surface area contributed by atoms with Crippen molar-refractivity contribution in [2.45, 2.75) is 37.8 Å². The van der Waals surface area contributed by atoms with Gasteiger partial charge in [0.15, 0.2) is 0 Å². The van der Waals surface area contributed by atoms with Crippen LogP contribution < -0.4 is 11.1 Å². The van der Waals surface area contributed by atoms with E-state index >= 15 is 0 Å². The number of benzene rings is 1. The second-order valence-corrected chi connectivity index (χ2v) is 4.66. The van der Waals surface area contributed by atoms with E-state index in [9.17, 15) is 14.3 Å². The topological polar surface area (TPSA) is 75.4 Å². The molecule has 2 rings (SSSR count). The van der Waals surface area contributed by atoms with E-state index in [0.717, 1.165) is 25.3 Å². The molecule has 0 radical (unpaired) electrons. The first-order valence-corrected chi connectivity index (χ1v) is 6.12. The molecule has 1 aliphatic carbocycles. The molecule has 0 bridgehead atoms. The maximum Gasteiger partial charge on any atom is 0.253 e. The minimum Gasteiger partial charge on any atom is -0.398 e. The highest BCUT2D eigenvalue weighted by molar-refractivity contribution is 5.99. The van der Waals surface area contributed by atoms with Gasteiger partial charge in [0.1, 0.15) is 5.82 Å². The maximum atomic E-state index is 12.9. The zero-order chi connectivity index (χ0) is 13.1. The van der Waals surface area contributed by atoms with Gasteiger partial charge in [-0.1, -0.05) is 12.8 Å². The predicted molar refractivity (Wildman–Crippen MR) is 66.5 cm³/mol. The number of hydrogen-bond donors (Lipinski definition) is 3. The quantitative estimate of drug-likeness (QED) is 0.697. The maximum absolute atomic E-state index is 12.9. The number of aliphatic hydroxyl groups is 1. The molecule has 0 heterocycles. The first-order chi connectivity index (χ1) is 8.58. The SMILES string of the molecule is Nc1cc(F)ccc1C(=O)N[C@@H]1CCCC[C@H]1O. The molecule has 1 amide bonds. The van der Waals surface area contributed by atoms with Crippen LogP contribution in [0.3, 0.4) is 0 Å². The standard InChI is InChI=1S/C13H17FN2O2/c14-8-5-6-9(10(15)7-8)13(18)16-11-3-1-2-4-12(11)17/h5-7,11-12,17H,1-4,15H2,(H,16,18)/t11-,12-/m1/s1. The van der Waals surface area contributed by atoms with Crippen molar-refractivity contribution in [1.82, 2.24) is 5.32 Å². The van der Waals surface area contributed by atoms with Gasteiger partial charge in [0, 0.05) is 5.69 Å². The normalized spacial score (nSPS) is 23.7. The van der Waals surface area contributed by atoms with Crippen LogP contribution in [0.5, 0.6) is 0 Å². The zero-order valence-corrected chi connectivity index (χ0v) is 10.0. The number of nitrogen functional groups attached to an aromatic ring is 1. The van der Waals surface area contributed by atoms with Crippen molar-refractivity contribution in [2.75, 3.05) is 5.73 Å². The molecule has 5 heteroatoms. The average molecular weight is 252 g/mol. The van der Waals surface area contributed by atoms with Gasteiger partial charge in [-0.15, -0.1) is 0 Å². The summed E-state index contributed by atoms with van der Waals surface area (Å²) < 4.78 is 12.9. The van der Waals surface area contributed by atoms with Crippen LogP contribution in [0.2, 0.25) is 0 Å². The van der Waals surface area contributed by atoms with Gasteiger partial charge in [-0.05, 0) is 31.0 Å². The van der Waals surface area contributed by atoms with Crippen molar-refractivity contribution in [3.8, 4) is 0 Å². The Hall–Kier alpha value is -1.62. The molecule has 4 N–H and O–H groups in total. The van der Waals surface area contributed by atoms with Crippen LogP contribution in [-0.2, 0) is 0 Å². The third-order valence-corrected chi connectivity index (χ3v) is 3.30. The number of carbonyl (C=O) groups is 1. The number of aliphatic hydroxyl groups excluding tert-OH is 1. The molecule has 1 aliphatic rings. The molecule has 1 fully saturated rings. The number of nitrogens with one attached hydrogen (secondary N) is 1. The first-order valence-electron chi connectivity index (χ1n) is 6.12. The number of carbonyl (C=O) groups excluding carboxylic acids is 1. The molecule has 2 atom stereocenters. The van der Waals surface area contributed by atoms with E-state index in [1.807, 2.05) is 0 Å². The summed E-state index contributed by atoms with van der Waals surface area (Å²) in [4.78, 5) is 12.0. The number of nitrogens with two attached hydrogens (primary N) is 1. The molecule has 1 aromatic rings. The van der Waals surface area contributed by atoms with E-state index in [0.29, 0.717) is 6.42 Å². The summed E-state index contributed by atoms with van der Waals surface area (Å²) in [6.07, 6.45) is 2.91. The van der Waals surface area contributed by atoms with Crippen molar-refractivity contribution in [1.29, 1.82) is 0 Å². The van der Waals surface area contributed by atoms with Gasteiger partial charge >= 0.3 is 0 Å². The Bertz CT molecular complexity index is 451. The van der Waals surface area contributed by atoms with Crippen molar-refractivity contribution < 1.29 is 14.3 Å². The summed E-state index contributed by atoms with van der Waals surface area (Å²) in [6, 6.07) is 3.43. The van der Waals surface area contributed by atoms with Crippen LogP contribution in [-0.4, -0.2) is 23.2 Å². The Labute approximate surface area is 105 Å². The second-order valence-electron chi connectivity index (χ2n) is 4.66. The molecule has 0 aromatic heterocycles. The molecule has 0 saturated heterocycles. The van der Waals surface area contributed by atoms with E-state index in [-0.39, 0.29) is 23.2 Å². The van der Waals surface area contributed by atoms with Gasteiger partial charge in [0.25, 0.3) is 5.91 Å². The number of amides is 1. The molecule has 1 saturated carbocycles. The van der Waals surface area contributed by atoms with Gasteiger partial charge in [0.2, 0.25) is 0 Å². The highest BCUT2D eigenvalue weighted by Gasteiger charge is 2.25. The van der Waals surface area contributed by atoms with Gasteiger partial charge in [-0.25, -0.2) is 4.39 Å². The fourth-order valence-corrected chi connectivity index (χ4v) is 2.27. The van der Waals surface area contributed by atoms with Crippen molar-refractivity contribution in [2.24, 2.45) is 0 Å². The van der Waals surface area contributed by atoms with Crippen LogP contribution in [0.1, 0.15) is 36.0 Å². The third kappa shape index (κ3) is 2.79. The molecular formula is C13H17FN2O2. The number of anilines is 1. The molecule has 0 aliphatic heterocycles. The van der Waals surface area contributed by atoms with Crippen molar-refractivity contribution in [3.63, 3.8) is 0 Å². The van der Waals surface area contributed by atoms with E-state index in [1.54, 1.807) is 0 Å². The van der Waals surface area contributed by atoms with Gasteiger partial charge in [-0.3, -0.25) is 4.79 Å². The summed E-state index contributed by atoms with van der Waals surface area (Å²) in [5, 5.41) is 12.5. The highest BCUT2D eigenvalue weighted by Crippen LogP contribution is 2.20. The van der Waals surface area contributed by atoms with Crippen LogP contribution >= 0.6 is 0 Å². The molecule has 1 aromatic carbocycles. The highest BCUT2D eigenvalue weighted by atomic mass is 19.1. The monoisotopic (exact) mass is 252 g/mol. The summed E-state index contributed by atoms with van der Waals surface area (Å²) in [5.74, 6) is -0.833. The number of halogens is 1. The van der Waals surface area contributed by atoms with Gasteiger partial charge in [-0.2, -0.15) is 0 Å². The predicted octanol–water partition coefficient (Wildman–Crippen LogP) is 1.44. The minimum absolute atomic E-state index is 0.109. The van der Waals surface area contributed by atoms with Gasteiger partial charge in [0.05, 0.1) is 17.7 Å². The third-order valence-electron chi connectivity index (χ3n) is 3.30. The lowest BCUT2D eigenvalue weighted by atomic mass is 9.92. The lowest BCUT2D eigenvalue weighted by molar-refractivity contribution is 0.0718. The van der Waals surface area contributed by atoms with E-state index < -0.39 is 11.9 Å². The Morgan fingerprint density at radius 1 is 1.39 bits per heavy atom. The molecule has 98 valence electrons. The smallest absolute Gasteiger partial charge is 0.253 e. The average Bonchev–Trinajstić information content (AvgIpc) is 2.32. The molecule has 18 heavy (non-hydrogen) atoms. The molecular weight excluding hydrogens is 235 g/mol. The molecule has 0 unspecified atom stereocenters. The summed E-state index contributed by atoms with van der Waals surface area (Å²) in [6.45, 7) is 0. The minimum atomic E-state index is -0.510. The Morgan fingerprint density at radius 3 is 2.78 bits per heavy atom. The van der Waals surface area contributed by atoms with Crippen LogP contribution in [0.4, 0.5) is 10.1 Å². The summed E-state index contributed by atoms with van der Waals surface area (Å²) in [7, 11) is 0. The van der Waals surface area contributed by atoms with Crippen molar-refractivity contribution >= 4 is 11.6 Å². The Balaban J connectivity index is 2.07. The molecule has 4 nitrogen and oxygen atoms in total. The second kappa shape index (κ2) is 5.35. The largest absolute Gasteiger partial charge is 0.398 e. The summed E-state index contributed by atoms with van der Waals surface area (Å²) in [5.41, 5.74) is 5.95. The Kier molecular flexibility index (Phi) is 3.81. The lowest BCUT2D eigenvalue weighted by Gasteiger charge is -2.28. The van der Waals surface area contributed by atoms with Gasteiger partial charge < -0.3 is 16.2 Å². The fraction of sp³-hybridized carbons (Fsp3) is 0.462. The lowest BCUT2D eigenvalue weighted by Crippen LogP contribution is -2.45. The van der Waals surface area contributed by atoms with E-state index in [2.05, 4.69) is 5.32 Å². The molecule has 0 spiro atoms. The fourth-order valence-electron chi connectivity index (χ4n) is 2.27. The first kappa shape index (κ1) is 12.8. The van der Waals surface area contributed by atoms with E-state index in [4.69, 9.17) is 5.73 Å². The van der Waals surface area contributed by atoms with Crippen molar-refractivity contribution in [3.05, 3.63) is 29.6 Å². The van der Waals surface area contributed by atoms with Crippen LogP contribution in [0, 0.1) is 5.82 Å². The Morgan fingerprint density at radius 2 is 2.11 bits per heavy atom.